The molecule has 1 aliphatic rings. The molecule has 0 saturated carbocycles. The van der Waals surface area contributed by atoms with Gasteiger partial charge in [-0.25, -0.2) is 4.98 Å². The van der Waals surface area contributed by atoms with Crippen molar-refractivity contribution in [2.24, 2.45) is 16.5 Å². The Morgan fingerprint density at radius 3 is 2.67 bits per heavy atom. The molecule has 0 aliphatic carbocycles. The number of nitrogens with two attached hydrogens (primary N) is 2. The van der Waals surface area contributed by atoms with Crippen molar-refractivity contribution >= 4 is 34.3 Å². The fourth-order valence-electron chi connectivity index (χ4n) is 5.69. The average Bonchev–Trinajstić information content (AvgIpc) is 2.99. The summed E-state index contributed by atoms with van der Waals surface area (Å²) in [5.41, 5.74) is 17.8. The molecule has 2 aromatic heterocycles. The third-order valence-electron chi connectivity index (χ3n) is 7.96. The molecular weight excluding hydrogens is 542 g/mol. The van der Waals surface area contributed by atoms with Crippen LogP contribution in [0.1, 0.15) is 42.4 Å². The molecule has 2 aromatic carbocycles. The molecule has 1 unspecified atom stereocenters. The number of hydrogen-bond donors (Lipinski definition) is 4. The Bertz CT molecular complexity index is 1630. The lowest BCUT2D eigenvalue weighted by Gasteiger charge is -2.32. The Kier molecular flexibility index (Phi) is 9.36. The van der Waals surface area contributed by atoms with E-state index in [0.717, 1.165) is 69.5 Å². The van der Waals surface area contributed by atoms with Gasteiger partial charge in [-0.1, -0.05) is 30.7 Å². The number of carbonyl (C=O) groups is 1. The molecule has 4 aromatic rings. The van der Waals surface area contributed by atoms with E-state index >= 15 is 0 Å². The molecule has 1 atom stereocenters. The van der Waals surface area contributed by atoms with E-state index in [1.54, 1.807) is 6.20 Å². The number of guanidine groups is 1. The van der Waals surface area contributed by atoms with Gasteiger partial charge in [-0.2, -0.15) is 0 Å². The highest BCUT2D eigenvalue weighted by Gasteiger charge is 2.28. The van der Waals surface area contributed by atoms with E-state index in [1.165, 1.54) is 0 Å². The summed E-state index contributed by atoms with van der Waals surface area (Å²) in [6.45, 7) is 6.54. The van der Waals surface area contributed by atoms with Crippen LogP contribution >= 0.6 is 0 Å². The Hall–Kier alpha value is -4.70. The first-order chi connectivity index (χ1) is 20.8. The van der Waals surface area contributed by atoms with Gasteiger partial charge in [0.2, 0.25) is 0 Å². The molecule has 0 spiro atoms. The number of nitrogens with one attached hydrogen (secondary N) is 1. The highest BCUT2D eigenvalue weighted by Crippen LogP contribution is 2.36. The predicted octanol–water partition coefficient (Wildman–Crippen LogP) is 5.14. The van der Waals surface area contributed by atoms with Gasteiger partial charge in [0.05, 0.1) is 6.61 Å². The Labute approximate surface area is 251 Å². The number of hydrogen-bond acceptors (Lipinski definition) is 7. The van der Waals surface area contributed by atoms with E-state index in [-0.39, 0.29) is 5.96 Å². The summed E-state index contributed by atoms with van der Waals surface area (Å²) in [5.74, 6) is 0.829. The van der Waals surface area contributed by atoms with Crippen molar-refractivity contribution in [2.75, 3.05) is 25.0 Å². The van der Waals surface area contributed by atoms with Crippen LogP contribution in [0.3, 0.4) is 0 Å². The second kappa shape index (κ2) is 13.5. The number of rotatable bonds is 11. The predicted molar refractivity (Wildman–Crippen MR) is 171 cm³/mol. The molecule has 0 amide bonds. The number of carboxylic acid groups (broad SMARTS) is 1. The van der Waals surface area contributed by atoms with Crippen molar-refractivity contribution in [1.29, 1.82) is 0 Å². The van der Waals surface area contributed by atoms with Gasteiger partial charge in [0.1, 0.15) is 17.3 Å². The minimum absolute atomic E-state index is 0.0879. The molecule has 10 heteroatoms. The van der Waals surface area contributed by atoms with Gasteiger partial charge in [0.25, 0.3) is 0 Å². The van der Waals surface area contributed by atoms with Crippen LogP contribution in [0.25, 0.3) is 22.0 Å². The van der Waals surface area contributed by atoms with Crippen LogP contribution in [-0.2, 0) is 11.3 Å². The van der Waals surface area contributed by atoms with E-state index in [9.17, 15) is 9.90 Å². The number of ether oxygens (including phenoxy) is 1. The molecule has 3 heterocycles. The lowest BCUT2D eigenvalue weighted by Crippen LogP contribution is -2.44. The molecule has 5 rings (SSSR count). The maximum absolute atomic E-state index is 11.8. The third-order valence-corrected chi connectivity index (χ3v) is 7.96. The summed E-state index contributed by atoms with van der Waals surface area (Å²) >= 11 is 0. The number of nitrogens with zero attached hydrogens (tertiary/aromatic N) is 4. The number of aliphatic imine (C=N–C) groups is 1. The van der Waals surface area contributed by atoms with Crippen LogP contribution in [0.15, 0.2) is 65.9 Å². The van der Waals surface area contributed by atoms with Gasteiger partial charge < -0.3 is 26.6 Å². The summed E-state index contributed by atoms with van der Waals surface area (Å²) in [7, 11) is 0. The molecule has 1 fully saturated rings. The van der Waals surface area contributed by atoms with Crippen LogP contribution in [0, 0.1) is 13.8 Å². The second-order valence-electron chi connectivity index (χ2n) is 10.9. The number of anilines is 2. The number of pyridine rings is 2. The van der Waals surface area contributed by atoms with Gasteiger partial charge in [-0.05, 0) is 85.3 Å². The summed E-state index contributed by atoms with van der Waals surface area (Å²) in [6, 6.07) is 15.8. The monoisotopic (exact) mass is 581 g/mol. The molecule has 43 heavy (non-hydrogen) atoms. The van der Waals surface area contributed by atoms with Crippen molar-refractivity contribution < 1.29 is 14.6 Å². The van der Waals surface area contributed by atoms with Crippen molar-refractivity contribution in [1.82, 2.24) is 14.9 Å². The first kappa shape index (κ1) is 29.8. The largest absolute Gasteiger partial charge is 0.493 e. The highest BCUT2D eigenvalue weighted by atomic mass is 16.5. The molecule has 6 N–H and O–H groups in total. The van der Waals surface area contributed by atoms with Crippen LogP contribution in [0.5, 0.6) is 5.75 Å². The second-order valence-corrected chi connectivity index (χ2v) is 10.9. The highest BCUT2D eigenvalue weighted by molar-refractivity contribution is 5.91. The van der Waals surface area contributed by atoms with E-state index in [0.29, 0.717) is 38.4 Å². The lowest BCUT2D eigenvalue weighted by molar-refractivity contribution is -0.144. The van der Waals surface area contributed by atoms with Crippen LogP contribution in [0.4, 0.5) is 11.5 Å². The van der Waals surface area contributed by atoms with Crippen molar-refractivity contribution in [3.05, 3.63) is 77.6 Å². The zero-order valence-electron chi connectivity index (χ0n) is 24.7. The van der Waals surface area contributed by atoms with Crippen LogP contribution < -0.4 is 21.5 Å². The van der Waals surface area contributed by atoms with E-state index in [4.69, 9.17) is 21.2 Å². The third kappa shape index (κ3) is 7.03. The standard InChI is InChI=1S/C33H39N7O3/c1-21-25(26-9-6-12-29(22(26)2)43-17-7-14-37-33(34)35)8-5-10-27(21)39-31-30-24(13-15-36-31)18-23(19-38-30)20-40-16-4-3-11-28(40)32(41)42/h5-6,8-10,12-13,15,18-19,28H,3-4,7,11,14,16-17,20H2,1-2H3,(H,36,39)(H,41,42)(H4,34,35,37). The van der Waals surface area contributed by atoms with Gasteiger partial charge >= 0.3 is 5.97 Å². The summed E-state index contributed by atoms with van der Waals surface area (Å²) in [5, 5.41) is 14.1. The van der Waals surface area contributed by atoms with Crippen LogP contribution in [0.2, 0.25) is 0 Å². The zero-order valence-corrected chi connectivity index (χ0v) is 24.7. The maximum Gasteiger partial charge on any atom is 0.320 e. The molecule has 224 valence electrons. The maximum atomic E-state index is 11.8. The quantitative estimate of drug-likeness (QED) is 0.107. The van der Waals surface area contributed by atoms with Gasteiger partial charge in [0.15, 0.2) is 11.8 Å². The molecule has 1 aliphatic heterocycles. The zero-order chi connectivity index (χ0) is 30.3. The van der Waals surface area contributed by atoms with E-state index < -0.39 is 12.0 Å². The fourth-order valence-corrected chi connectivity index (χ4v) is 5.69. The van der Waals surface area contributed by atoms with Crippen LogP contribution in [-0.4, -0.2) is 57.6 Å². The number of likely N-dealkylation sites (tertiary alicyclic amines) is 1. The Morgan fingerprint density at radius 1 is 1.09 bits per heavy atom. The van der Waals surface area contributed by atoms with Crippen molar-refractivity contribution in [3.63, 3.8) is 0 Å². The number of carboxylic acids is 1. The molecule has 1 saturated heterocycles. The molecule has 0 bridgehead atoms. The minimum atomic E-state index is -0.754. The van der Waals surface area contributed by atoms with E-state index in [2.05, 4.69) is 47.3 Å². The normalized spacial score (nSPS) is 15.3. The fraction of sp³-hybridized carbons (Fsp3) is 0.333. The summed E-state index contributed by atoms with van der Waals surface area (Å²) < 4.78 is 6.05. The van der Waals surface area contributed by atoms with Gasteiger partial charge in [-0.15, -0.1) is 0 Å². The van der Waals surface area contributed by atoms with E-state index in [1.807, 2.05) is 41.4 Å². The average molecular weight is 582 g/mol. The number of aromatic nitrogens is 2. The molecule has 10 nitrogen and oxygen atoms in total. The van der Waals surface area contributed by atoms with Gasteiger partial charge in [0, 0.05) is 43.0 Å². The summed E-state index contributed by atoms with van der Waals surface area (Å²) in [6.07, 6.45) is 6.97. The first-order valence-corrected chi connectivity index (χ1v) is 14.7. The first-order valence-electron chi connectivity index (χ1n) is 14.7. The molecule has 0 radical (unpaired) electrons. The van der Waals surface area contributed by atoms with Crippen molar-refractivity contribution in [3.8, 4) is 16.9 Å². The lowest BCUT2D eigenvalue weighted by atomic mass is 9.95. The minimum Gasteiger partial charge on any atom is -0.493 e. The van der Waals surface area contributed by atoms with Gasteiger partial charge in [-0.3, -0.25) is 19.7 Å². The smallest absolute Gasteiger partial charge is 0.320 e. The van der Waals surface area contributed by atoms with Crippen molar-refractivity contribution in [2.45, 2.75) is 52.1 Å². The SMILES string of the molecule is Cc1c(Nc2nccc3cc(CN4CCCCC4C(=O)O)cnc23)cccc1-c1cccc(OCCCN=C(N)N)c1C. The molecular formula is C33H39N7O3. The number of benzene rings is 2. The number of piperidine rings is 1. The number of fused-ring (bicyclic) bond motifs is 1. The number of aliphatic carboxylic acids is 1. The topological polar surface area (TPSA) is 152 Å². The Balaban J connectivity index is 1.35. The Morgan fingerprint density at radius 2 is 1.88 bits per heavy atom. The summed E-state index contributed by atoms with van der Waals surface area (Å²) in [4.78, 5) is 27.2.